The molecule has 0 bridgehead atoms. The van der Waals surface area contributed by atoms with E-state index < -0.39 is 0 Å². The largest absolute Gasteiger partial charge is 0.379 e. The molecule has 164 valence electrons. The molecule has 7 nitrogen and oxygen atoms in total. The maximum atomic E-state index is 5.51. The van der Waals surface area contributed by atoms with Crippen LogP contribution < -0.4 is 10.6 Å². The van der Waals surface area contributed by atoms with Crippen molar-refractivity contribution in [1.82, 2.24) is 25.3 Å². The number of guanidine groups is 1. The third-order valence-electron chi connectivity index (χ3n) is 5.40. The van der Waals surface area contributed by atoms with Gasteiger partial charge in [0.15, 0.2) is 5.96 Å². The Bertz CT molecular complexity index is 767. The minimum atomic E-state index is 0.464. The number of aliphatic imine (C=N–C) groups is 1. The molecule has 1 aromatic carbocycles. The molecular formula is C23H36N6O. The Hall–Kier alpha value is -2.38. The smallest absolute Gasteiger partial charge is 0.191 e. The van der Waals surface area contributed by atoms with Gasteiger partial charge >= 0.3 is 0 Å². The molecule has 1 aliphatic heterocycles. The lowest BCUT2D eigenvalue weighted by Gasteiger charge is -2.37. The molecule has 2 heterocycles. The Morgan fingerprint density at radius 2 is 1.90 bits per heavy atom. The number of hydrogen-bond acceptors (Lipinski definition) is 4. The van der Waals surface area contributed by atoms with Gasteiger partial charge in [-0.05, 0) is 18.4 Å². The Kier molecular flexibility index (Phi) is 8.71. The number of benzene rings is 1. The minimum absolute atomic E-state index is 0.464. The van der Waals surface area contributed by atoms with Crippen LogP contribution in [0.25, 0.3) is 0 Å². The van der Waals surface area contributed by atoms with E-state index in [0.717, 1.165) is 57.5 Å². The van der Waals surface area contributed by atoms with Crippen molar-refractivity contribution >= 4 is 5.96 Å². The number of ether oxygens (including phenoxy) is 1. The van der Waals surface area contributed by atoms with E-state index in [1.165, 1.54) is 5.56 Å². The van der Waals surface area contributed by atoms with Gasteiger partial charge in [-0.2, -0.15) is 5.10 Å². The summed E-state index contributed by atoms with van der Waals surface area (Å²) in [6.07, 6.45) is 3.98. The first-order chi connectivity index (χ1) is 14.7. The zero-order chi connectivity index (χ0) is 21.2. The first-order valence-corrected chi connectivity index (χ1v) is 11.0. The minimum Gasteiger partial charge on any atom is -0.379 e. The molecule has 2 aromatic rings. The molecular weight excluding hydrogens is 376 g/mol. The molecule has 0 amide bonds. The van der Waals surface area contributed by atoms with Crippen LogP contribution >= 0.6 is 0 Å². The van der Waals surface area contributed by atoms with E-state index in [1.807, 2.05) is 16.9 Å². The van der Waals surface area contributed by atoms with E-state index in [2.05, 4.69) is 71.9 Å². The molecule has 1 unspecified atom stereocenters. The van der Waals surface area contributed by atoms with Crippen LogP contribution in [0.3, 0.4) is 0 Å². The van der Waals surface area contributed by atoms with E-state index in [-0.39, 0.29) is 0 Å². The van der Waals surface area contributed by atoms with Gasteiger partial charge in [0.25, 0.3) is 0 Å². The highest BCUT2D eigenvalue weighted by Crippen LogP contribution is 2.12. The first kappa shape index (κ1) is 22.3. The highest BCUT2D eigenvalue weighted by Gasteiger charge is 2.23. The summed E-state index contributed by atoms with van der Waals surface area (Å²) in [4.78, 5) is 7.30. The van der Waals surface area contributed by atoms with Crippen molar-refractivity contribution in [2.24, 2.45) is 10.9 Å². The van der Waals surface area contributed by atoms with Crippen LogP contribution in [0.1, 0.15) is 31.9 Å². The molecule has 1 aromatic heterocycles. The summed E-state index contributed by atoms with van der Waals surface area (Å²) in [5.74, 6) is 1.42. The van der Waals surface area contributed by atoms with Gasteiger partial charge in [0, 0.05) is 44.0 Å². The molecule has 1 fully saturated rings. The number of nitrogens with zero attached hydrogens (tertiary/aromatic N) is 4. The average molecular weight is 413 g/mol. The SMILES string of the molecule is CCNC(=NCc1cnn(Cc2ccccc2)c1)NCC(C(C)C)N1CCOCC1. The van der Waals surface area contributed by atoms with Crippen LogP contribution in [-0.4, -0.2) is 66.1 Å². The Morgan fingerprint density at radius 3 is 2.60 bits per heavy atom. The van der Waals surface area contributed by atoms with E-state index in [1.54, 1.807) is 0 Å². The van der Waals surface area contributed by atoms with Crippen molar-refractivity contribution in [3.8, 4) is 0 Å². The molecule has 0 spiro atoms. The Morgan fingerprint density at radius 1 is 1.13 bits per heavy atom. The van der Waals surface area contributed by atoms with Crippen molar-refractivity contribution in [3.05, 3.63) is 53.9 Å². The van der Waals surface area contributed by atoms with Gasteiger partial charge in [-0.3, -0.25) is 9.58 Å². The standard InChI is InChI=1S/C23H36N6O/c1-4-24-23(26-16-22(19(2)3)28-10-12-30-13-11-28)25-14-21-15-27-29(18-21)17-20-8-6-5-7-9-20/h5-9,15,18-19,22H,4,10-14,16-17H2,1-3H3,(H2,24,25,26). The predicted molar refractivity (Wildman–Crippen MR) is 122 cm³/mol. The molecule has 0 saturated carbocycles. The molecule has 7 heteroatoms. The number of rotatable bonds is 9. The highest BCUT2D eigenvalue weighted by atomic mass is 16.5. The molecule has 3 rings (SSSR count). The van der Waals surface area contributed by atoms with Gasteiger partial charge in [0.05, 0.1) is 32.5 Å². The first-order valence-electron chi connectivity index (χ1n) is 11.0. The van der Waals surface area contributed by atoms with Crippen molar-refractivity contribution < 1.29 is 4.74 Å². The molecule has 1 saturated heterocycles. The lowest BCUT2D eigenvalue weighted by Crippen LogP contribution is -2.52. The second kappa shape index (κ2) is 11.7. The molecule has 30 heavy (non-hydrogen) atoms. The van der Waals surface area contributed by atoms with Crippen LogP contribution in [0.4, 0.5) is 0 Å². The molecule has 2 N–H and O–H groups in total. The summed E-state index contributed by atoms with van der Waals surface area (Å²) in [6, 6.07) is 10.8. The van der Waals surface area contributed by atoms with Gasteiger partial charge in [0.1, 0.15) is 0 Å². The normalized spacial score (nSPS) is 16.6. The van der Waals surface area contributed by atoms with Gasteiger partial charge in [0.2, 0.25) is 0 Å². The van der Waals surface area contributed by atoms with E-state index >= 15 is 0 Å². The van der Waals surface area contributed by atoms with E-state index in [9.17, 15) is 0 Å². The monoisotopic (exact) mass is 412 g/mol. The topological polar surface area (TPSA) is 66.7 Å². The average Bonchev–Trinajstić information content (AvgIpc) is 3.20. The Labute approximate surface area is 180 Å². The summed E-state index contributed by atoms with van der Waals surface area (Å²) in [6.45, 7) is 13.4. The van der Waals surface area contributed by atoms with Crippen LogP contribution in [0.5, 0.6) is 0 Å². The van der Waals surface area contributed by atoms with Crippen LogP contribution in [-0.2, 0) is 17.8 Å². The van der Waals surface area contributed by atoms with Crippen molar-refractivity contribution in [3.63, 3.8) is 0 Å². The fourth-order valence-electron chi connectivity index (χ4n) is 3.75. The fraction of sp³-hybridized carbons (Fsp3) is 0.565. The van der Waals surface area contributed by atoms with Crippen LogP contribution in [0.15, 0.2) is 47.7 Å². The summed E-state index contributed by atoms with van der Waals surface area (Å²) in [5, 5.41) is 11.4. The molecule has 1 atom stereocenters. The van der Waals surface area contributed by atoms with Gasteiger partial charge in [-0.1, -0.05) is 44.2 Å². The Balaban J connectivity index is 1.56. The number of aromatic nitrogens is 2. The zero-order valence-electron chi connectivity index (χ0n) is 18.6. The molecule has 0 aliphatic carbocycles. The second-order valence-corrected chi connectivity index (χ2v) is 8.07. The van der Waals surface area contributed by atoms with E-state index in [4.69, 9.17) is 9.73 Å². The summed E-state index contributed by atoms with van der Waals surface area (Å²) in [5.41, 5.74) is 2.35. The number of nitrogens with one attached hydrogen (secondary N) is 2. The van der Waals surface area contributed by atoms with Crippen LogP contribution in [0.2, 0.25) is 0 Å². The van der Waals surface area contributed by atoms with Crippen LogP contribution in [0, 0.1) is 5.92 Å². The number of morpholine rings is 1. The summed E-state index contributed by atoms with van der Waals surface area (Å²) in [7, 11) is 0. The van der Waals surface area contributed by atoms with Gasteiger partial charge in [-0.25, -0.2) is 4.99 Å². The molecule has 0 radical (unpaired) electrons. The van der Waals surface area contributed by atoms with Crippen molar-refractivity contribution in [1.29, 1.82) is 0 Å². The highest BCUT2D eigenvalue weighted by molar-refractivity contribution is 5.79. The lowest BCUT2D eigenvalue weighted by atomic mass is 10.0. The lowest BCUT2D eigenvalue weighted by molar-refractivity contribution is 0.00752. The van der Waals surface area contributed by atoms with Crippen molar-refractivity contribution in [2.75, 3.05) is 39.4 Å². The fourth-order valence-corrected chi connectivity index (χ4v) is 3.75. The maximum absolute atomic E-state index is 5.51. The van der Waals surface area contributed by atoms with E-state index in [0.29, 0.717) is 18.5 Å². The van der Waals surface area contributed by atoms with Crippen molar-refractivity contribution in [2.45, 2.75) is 39.9 Å². The third kappa shape index (κ3) is 6.85. The number of hydrogen-bond donors (Lipinski definition) is 2. The maximum Gasteiger partial charge on any atom is 0.191 e. The zero-order valence-corrected chi connectivity index (χ0v) is 18.6. The summed E-state index contributed by atoms with van der Waals surface area (Å²) >= 11 is 0. The molecule has 1 aliphatic rings. The van der Waals surface area contributed by atoms with Gasteiger partial charge < -0.3 is 15.4 Å². The third-order valence-corrected chi connectivity index (χ3v) is 5.40. The summed E-state index contributed by atoms with van der Waals surface area (Å²) < 4.78 is 7.48. The van der Waals surface area contributed by atoms with Gasteiger partial charge in [-0.15, -0.1) is 0 Å². The predicted octanol–water partition coefficient (Wildman–Crippen LogP) is 2.34. The quantitative estimate of drug-likeness (QED) is 0.489. The second-order valence-electron chi connectivity index (χ2n) is 8.07.